The SMILES string of the molecule is COC(=O)C(N)Cc1ccc(-c2c(C)n(C)c(=O)n(C)c2=O)cc1.Cl. The predicted octanol–water partition coefficient (Wildman–Crippen LogP) is 0.524. The van der Waals surface area contributed by atoms with Gasteiger partial charge in [0.1, 0.15) is 6.04 Å². The Labute approximate surface area is 151 Å². The number of esters is 1. The van der Waals surface area contributed by atoms with Gasteiger partial charge in [-0.15, -0.1) is 12.4 Å². The number of aromatic nitrogens is 2. The molecular weight excluding hydrogens is 346 g/mol. The molecule has 7 nitrogen and oxygen atoms in total. The minimum Gasteiger partial charge on any atom is -0.468 e. The number of ether oxygens (including phenoxy) is 1. The average molecular weight is 368 g/mol. The molecule has 1 unspecified atom stereocenters. The van der Waals surface area contributed by atoms with Crippen LogP contribution in [0, 0.1) is 6.92 Å². The monoisotopic (exact) mass is 367 g/mol. The molecule has 25 heavy (non-hydrogen) atoms. The number of carbonyl (C=O) groups is 1. The summed E-state index contributed by atoms with van der Waals surface area (Å²) >= 11 is 0. The molecule has 0 bridgehead atoms. The molecule has 0 aliphatic carbocycles. The summed E-state index contributed by atoms with van der Waals surface area (Å²) in [6.07, 6.45) is 0.344. The van der Waals surface area contributed by atoms with E-state index in [0.717, 1.165) is 10.1 Å². The molecule has 1 heterocycles. The van der Waals surface area contributed by atoms with Gasteiger partial charge in [0.2, 0.25) is 0 Å². The van der Waals surface area contributed by atoms with Gasteiger partial charge in [-0.1, -0.05) is 24.3 Å². The summed E-state index contributed by atoms with van der Waals surface area (Å²) < 4.78 is 7.13. The quantitative estimate of drug-likeness (QED) is 0.795. The molecule has 1 atom stereocenters. The molecule has 0 aliphatic rings. The van der Waals surface area contributed by atoms with Crippen LogP contribution < -0.4 is 17.0 Å². The highest BCUT2D eigenvalue weighted by Crippen LogP contribution is 2.19. The minimum atomic E-state index is -0.729. The lowest BCUT2D eigenvalue weighted by Gasteiger charge is -2.13. The van der Waals surface area contributed by atoms with Crippen molar-refractivity contribution in [3.8, 4) is 11.1 Å². The third-order valence-corrected chi connectivity index (χ3v) is 4.16. The molecule has 1 aromatic heterocycles. The van der Waals surface area contributed by atoms with E-state index in [1.807, 2.05) is 12.1 Å². The van der Waals surface area contributed by atoms with Crippen molar-refractivity contribution in [2.24, 2.45) is 19.8 Å². The zero-order valence-electron chi connectivity index (χ0n) is 14.6. The molecule has 1 aromatic carbocycles. The summed E-state index contributed by atoms with van der Waals surface area (Å²) in [5.41, 5.74) is 7.69. The van der Waals surface area contributed by atoms with E-state index >= 15 is 0 Å². The fraction of sp³-hybridized carbons (Fsp3) is 0.353. The van der Waals surface area contributed by atoms with Crippen LogP contribution in [0.3, 0.4) is 0 Å². The second-order valence-electron chi connectivity index (χ2n) is 5.70. The van der Waals surface area contributed by atoms with Gasteiger partial charge in [-0.3, -0.25) is 14.2 Å². The van der Waals surface area contributed by atoms with E-state index in [-0.39, 0.29) is 23.7 Å². The summed E-state index contributed by atoms with van der Waals surface area (Å²) in [5, 5.41) is 0. The maximum Gasteiger partial charge on any atom is 0.330 e. The molecule has 2 rings (SSSR count). The molecule has 0 radical (unpaired) electrons. The highest BCUT2D eigenvalue weighted by atomic mass is 35.5. The van der Waals surface area contributed by atoms with Crippen LogP contribution in [0.5, 0.6) is 0 Å². The molecule has 2 aromatic rings. The van der Waals surface area contributed by atoms with Crippen LogP contribution in [-0.2, 0) is 30.0 Å². The molecule has 0 fully saturated rings. The molecule has 0 amide bonds. The highest BCUT2D eigenvalue weighted by molar-refractivity contribution is 5.85. The van der Waals surface area contributed by atoms with E-state index in [4.69, 9.17) is 5.73 Å². The van der Waals surface area contributed by atoms with E-state index in [2.05, 4.69) is 4.74 Å². The number of nitrogens with two attached hydrogens (primary N) is 1. The van der Waals surface area contributed by atoms with Crippen molar-refractivity contribution >= 4 is 18.4 Å². The van der Waals surface area contributed by atoms with Gasteiger partial charge < -0.3 is 15.0 Å². The third-order valence-electron chi connectivity index (χ3n) is 4.16. The molecule has 136 valence electrons. The Morgan fingerprint density at radius 1 is 1.16 bits per heavy atom. The topological polar surface area (TPSA) is 96.3 Å². The van der Waals surface area contributed by atoms with Crippen molar-refractivity contribution in [3.05, 3.63) is 56.4 Å². The van der Waals surface area contributed by atoms with Crippen LogP contribution in [0.2, 0.25) is 0 Å². The summed E-state index contributed by atoms with van der Waals surface area (Å²) in [5.74, 6) is -0.471. The lowest BCUT2D eigenvalue weighted by Crippen LogP contribution is -2.39. The van der Waals surface area contributed by atoms with Crippen LogP contribution in [0.15, 0.2) is 33.9 Å². The van der Waals surface area contributed by atoms with Crippen LogP contribution in [0.4, 0.5) is 0 Å². The molecule has 0 saturated heterocycles. The van der Waals surface area contributed by atoms with Crippen LogP contribution in [0.25, 0.3) is 11.1 Å². The average Bonchev–Trinajstić information content (AvgIpc) is 2.59. The largest absolute Gasteiger partial charge is 0.468 e. The Kier molecular flexibility index (Phi) is 6.72. The van der Waals surface area contributed by atoms with Gasteiger partial charge in [0.15, 0.2) is 0 Å². The van der Waals surface area contributed by atoms with Gasteiger partial charge in [-0.25, -0.2) is 4.79 Å². The van der Waals surface area contributed by atoms with Crippen LogP contribution in [-0.4, -0.2) is 28.3 Å². The molecule has 0 aliphatic heterocycles. The maximum atomic E-state index is 12.4. The predicted molar refractivity (Wildman–Crippen MR) is 98.0 cm³/mol. The number of hydrogen-bond donors (Lipinski definition) is 1. The molecule has 8 heteroatoms. The number of rotatable bonds is 4. The summed E-state index contributed by atoms with van der Waals surface area (Å²) in [4.78, 5) is 35.7. The van der Waals surface area contributed by atoms with Crippen molar-refractivity contribution < 1.29 is 9.53 Å². The Morgan fingerprint density at radius 3 is 2.24 bits per heavy atom. The standard InChI is InChI=1S/C17H21N3O4.ClH/c1-10-14(15(21)20(3)17(23)19(10)2)12-7-5-11(6-8-12)9-13(18)16(22)24-4;/h5-8,13H,9,18H2,1-4H3;1H. The molecule has 2 N–H and O–H groups in total. The molecular formula is C17H22ClN3O4. The maximum absolute atomic E-state index is 12.4. The van der Waals surface area contributed by atoms with E-state index < -0.39 is 12.0 Å². The van der Waals surface area contributed by atoms with E-state index in [1.54, 1.807) is 26.1 Å². The van der Waals surface area contributed by atoms with E-state index in [9.17, 15) is 14.4 Å². The van der Waals surface area contributed by atoms with Crippen molar-refractivity contribution in [2.75, 3.05) is 7.11 Å². The van der Waals surface area contributed by atoms with Crippen molar-refractivity contribution in [1.29, 1.82) is 0 Å². The van der Waals surface area contributed by atoms with Crippen molar-refractivity contribution in [3.63, 3.8) is 0 Å². The van der Waals surface area contributed by atoms with Gasteiger partial charge in [-0.05, 0) is 24.5 Å². The highest BCUT2D eigenvalue weighted by Gasteiger charge is 2.16. The number of benzene rings is 1. The van der Waals surface area contributed by atoms with Crippen LogP contribution >= 0.6 is 12.4 Å². The van der Waals surface area contributed by atoms with Gasteiger partial charge in [0, 0.05) is 19.8 Å². The summed E-state index contributed by atoms with van der Waals surface area (Å²) in [7, 11) is 4.38. The Hall–Kier alpha value is -2.38. The second-order valence-corrected chi connectivity index (χ2v) is 5.70. The first-order valence-electron chi connectivity index (χ1n) is 7.47. The Balaban J connectivity index is 0.00000312. The number of nitrogens with zero attached hydrogens (tertiary/aromatic N) is 2. The zero-order chi connectivity index (χ0) is 18.0. The van der Waals surface area contributed by atoms with E-state index in [0.29, 0.717) is 23.2 Å². The summed E-state index contributed by atoms with van der Waals surface area (Å²) in [6.45, 7) is 1.74. The lowest BCUT2D eigenvalue weighted by molar-refractivity contribution is -0.142. The second kappa shape index (κ2) is 8.13. The van der Waals surface area contributed by atoms with Gasteiger partial charge >= 0.3 is 11.7 Å². The zero-order valence-corrected chi connectivity index (χ0v) is 15.4. The number of hydrogen-bond acceptors (Lipinski definition) is 5. The third kappa shape index (κ3) is 4.00. The van der Waals surface area contributed by atoms with Crippen LogP contribution in [0.1, 0.15) is 11.3 Å². The van der Waals surface area contributed by atoms with Crippen molar-refractivity contribution in [1.82, 2.24) is 9.13 Å². The van der Waals surface area contributed by atoms with Gasteiger partial charge in [0.05, 0.1) is 12.7 Å². The smallest absolute Gasteiger partial charge is 0.330 e. The van der Waals surface area contributed by atoms with Crippen molar-refractivity contribution in [2.45, 2.75) is 19.4 Å². The lowest BCUT2D eigenvalue weighted by atomic mass is 10.0. The molecule has 0 spiro atoms. The normalized spacial score (nSPS) is 11.6. The number of carbonyl (C=O) groups excluding carboxylic acids is 1. The van der Waals surface area contributed by atoms with Gasteiger partial charge in [0.25, 0.3) is 5.56 Å². The molecule has 0 saturated carbocycles. The first-order chi connectivity index (χ1) is 11.3. The minimum absolute atomic E-state index is 0. The Morgan fingerprint density at radius 2 is 1.72 bits per heavy atom. The first-order valence-corrected chi connectivity index (χ1v) is 7.47. The van der Waals surface area contributed by atoms with E-state index in [1.165, 1.54) is 18.7 Å². The first kappa shape index (κ1) is 20.7. The van der Waals surface area contributed by atoms with Gasteiger partial charge in [-0.2, -0.15) is 0 Å². The fourth-order valence-electron chi connectivity index (χ4n) is 2.57. The Bertz CT molecular complexity index is 884. The fourth-order valence-corrected chi connectivity index (χ4v) is 2.57. The number of methoxy groups -OCH3 is 1. The number of halogens is 1. The summed E-state index contributed by atoms with van der Waals surface area (Å²) in [6, 6.07) is 6.46.